The van der Waals surface area contributed by atoms with Crippen LogP contribution in [-0.2, 0) is 16.2 Å². The number of amides is 4. The fourth-order valence-electron chi connectivity index (χ4n) is 3.32. The normalized spacial score (nSPS) is 14.9. The van der Waals surface area contributed by atoms with Crippen LogP contribution in [-0.4, -0.2) is 17.8 Å². The Hall–Kier alpha value is -2.84. The Labute approximate surface area is 224 Å². The predicted molar refractivity (Wildman–Crippen MR) is 140 cm³/mol. The van der Waals surface area contributed by atoms with E-state index in [-0.39, 0.29) is 33.7 Å². The van der Waals surface area contributed by atoms with Crippen molar-refractivity contribution in [1.29, 1.82) is 0 Å². The summed E-state index contributed by atoms with van der Waals surface area (Å²) in [5.41, 5.74) is 2.03. The molecule has 0 atom stereocenters. The molecular formula is C25H16BrCl3N2O4. The van der Waals surface area contributed by atoms with Gasteiger partial charge >= 0.3 is 6.03 Å². The van der Waals surface area contributed by atoms with Gasteiger partial charge in [0.15, 0.2) is 5.75 Å². The van der Waals surface area contributed by atoms with Crippen LogP contribution in [0.5, 0.6) is 5.75 Å². The molecule has 1 aliphatic rings. The van der Waals surface area contributed by atoms with Crippen LogP contribution in [0.1, 0.15) is 16.7 Å². The van der Waals surface area contributed by atoms with Crippen LogP contribution in [0, 0.1) is 6.92 Å². The number of imide groups is 2. The van der Waals surface area contributed by atoms with Gasteiger partial charge in [-0.15, -0.1) is 0 Å². The van der Waals surface area contributed by atoms with Gasteiger partial charge in [-0.2, -0.15) is 0 Å². The number of ether oxygens (including phenoxy) is 1. The highest BCUT2D eigenvalue weighted by atomic mass is 79.9. The van der Waals surface area contributed by atoms with E-state index >= 15 is 0 Å². The first-order valence-electron chi connectivity index (χ1n) is 10.2. The van der Waals surface area contributed by atoms with Gasteiger partial charge in [-0.3, -0.25) is 14.9 Å². The average molecular weight is 595 g/mol. The number of aryl methyl sites for hydroxylation is 1. The summed E-state index contributed by atoms with van der Waals surface area (Å²) in [6, 6.07) is 14.4. The summed E-state index contributed by atoms with van der Waals surface area (Å²) in [6.07, 6.45) is 1.31. The van der Waals surface area contributed by atoms with Gasteiger partial charge in [0, 0.05) is 9.50 Å². The maximum absolute atomic E-state index is 13.1. The lowest BCUT2D eigenvalue weighted by molar-refractivity contribution is -0.122. The second-order valence-electron chi connectivity index (χ2n) is 7.62. The molecule has 1 aliphatic heterocycles. The highest BCUT2D eigenvalue weighted by Gasteiger charge is 2.37. The molecule has 35 heavy (non-hydrogen) atoms. The monoisotopic (exact) mass is 592 g/mol. The molecule has 3 aromatic rings. The molecule has 0 spiro atoms. The molecule has 1 fully saturated rings. The first-order chi connectivity index (χ1) is 16.6. The number of urea groups is 1. The topological polar surface area (TPSA) is 75.7 Å². The number of hydrogen-bond donors (Lipinski definition) is 1. The van der Waals surface area contributed by atoms with E-state index in [1.807, 2.05) is 24.3 Å². The smallest absolute Gasteiger partial charge is 0.335 e. The lowest BCUT2D eigenvalue weighted by atomic mass is 10.1. The van der Waals surface area contributed by atoms with Crippen molar-refractivity contribution in [2.24, 2.45) is 0 Å². The molecule has 6 nitrogen and oxygen atoms in total. The van der Waals surface area contributed by atoms with E-state index in [1.54, 1.807) is 19.1 Å². The summed E-state index contributed by atoms with van der Waals surface area (Å²) in [7, 11) is 0. The van der Waals surface area contributed by atoms with Crippen LogP contribution >= 0.6 is 50.7 Å². The number of carbonyl (C=O) groups is 3. The van der Waals surface area contributed by atoms with Crippen molar-refractivity contribution >= 4 is 80.3 Å². The number of anilines is 1. The number of hydrogen-bond acceptors (Lipinski definition) is 4. The largest absolute Gasteiger partial charge is 0.486 e. The van der Waals surface area contributed by atoms with E-state index in [0.29, 0.717) is 10.6 Å². The van der Waals surface area contributed by atoms with Gasteiger partial charge in [0.1, 0.15) is 12.2 Å². The van der Waals surface area contributed by atoms with E-state index in [1.165, 1.54) is 24.3 Å². The second-order valence-corrected chi connectivity index (χ2v) is 9.76. The minimum Gasteiger partial charge on any atom is -0.486 e. The van der Waals surface area contributed by atoms with Crippen molar-refractivity contribution in [2.45, 2.75) is 13.5 Å². The summed E-state index contributed by atoms with van der Waals surface area (Å²) in [4.78, 5) is 38.8. The fraction of sp³-hybridized carbons (Fsp3) is 0.0800. The van der Waals surface area contributed by atoms with Crippen LogP contribution in [0.25, 0.3) is 6.08 Å². The summed E-state index contributed by atoms with van der Waals surface area (Å²) < 4.78 is 6.73. The molecule has 10 heteroatoms. The van der Waals surface area contributed by atoms with Gasteiger partial charge in [-0.1, -0.05) is 68.9 Å². The molecule has 0 radical (unpaired) electrons. The van der Waals surface area contributed by atoms with E-state index < -0.39 is 17.8 Å². The van der Waals surface area contributed by atoms with E-state index in [0.717, 1.165) is 20.5 Å². The van der Waals surface area contributed by atoms with Crippen molar-refractivity contribution < 1.29 is 19.1 Å². The quantitative estimate of drug-likeness (QED) is 0.256. The Morgan fingerprint density at radius 3 is 2.23 bits per heavy atom. The standard InChI is InChI=1S/C25H16BrCl3N2O4/c1-13-2-7-17(11-19(13)27)31-24(33)18(23(32)30-25(31)34)8-15-9-20(28)22(21(29)10-15)35-12-14-3-5-16(26)6-4-14/h2-11H,12H2,1H3,(H,30,32,34)/b18-8-. The van der Waals surface area contributed by atoms with Crippen LogP contribution < -0.4 is 15.0 Å². The fourth-order valence-corrected chi connectivity index (χ4v) is 4.37. The Kier molecular flexibility index (Phi) is 7.52. The molecule has 1 N–H and O–H groups in total. The van der Waals surface area contributed by atoms with Crippen LogP contribution in [0.4, 0.5) is 10.5 Å². The van der Waals surface area contributed by atoms with Gasteiger partial charge in [0.2, 0.25) is 0 Å². The first-order valence-corrected chi connectivity index (χ1v) is 12.1. The van der Waals surface area contributed by atoms with Gasteiger partial charge < -0.3 is 4.74 Å². The highest BCUT2D eigenvalue weighted by molar-refractivity contribution is 9.10. The molecule has 0 unspecified atom stereocenters. The molecule has 0 aliphatic carbocycles. The number of rotatable bonds is 5. The summed E-state index contributed by atoms with van der Waals surface area (Å²) in [5.74, 6) is -1.37. The third-order valence-corrected chi connectivity index (χ3v) is 6.64. The SMILES string of the molecule is Cc1ccc(N2C(=O)NC(=O)/C(=C/c3cc(Cl)c(OCc4ccc(Br)cc4)c(Cl)c3)C2=O)cc1Cl. The number of benzene rings is 3. The van der Waals surface area contributed by atoms with E-state index in [4.69, 9.17) is 39.5 Å². The zero-order chi connectivity index (χ0) is 25.3. The predicted octanol–water partition coefficient (Wildman–Crippen LogP) is 6.96. The molecule has 0 aromatic heterocycles. The third-order valence-electron chi connectivity index (χ3n) is 5.14. The molecule has 0 saturated carbocycles. The molecular weight excluding hydrogens is 579 g/mol. The Balaban J connectivity index is 1.61. The lowest BCUT2D eigenvalue weighted by Gasteiger charge is -2.26. The van der Waals surface area contributed by atoms with Crippen molar-refractivity contribution in [3.05, 3.63) is 96.4 Å². The minimum atomic E-state index is -0.871. The minimum absolute atomic E-state index is 0.198. The number of nitrogens with one attached hydrogen (secondary N) is 1. The van der Waals surface area contributed by atoms with Gasteiger partial charge in [0.25, 0.3) is 11.8 Å². The molecule has 1 heterocycles. The molecule has 178 valence electrons. The lowest BCUT2D eigenvalue weighted by Crippen LogP contribution is -2.54. The molecule has 4 amide bonds. The van der Waals surface area contributed by atoms with Crippen molar-refractivity contribution in [3.8, 4) is 5.75 Å². The highest BCUT2D eigenvalue weighted by Crippen LogP contribution is 2.36. The summed E-state index contributed by atoms with van der Waals surface area (Å²) in [6.45, 7) is 2.03. The average Bonchev–Trinajstić information content (AvgIpc) is 2.79. The second kappa shape index (κ2) is 10.4. The molecule has 3 aromatic carbocycles. The molecule has 1 saturated heterocycles. The number of nitrogens with zero attached hydrogens (tertiary/aromatic N) is 1. The Morgan fingerprint density at radius 2 is 1.60 bits per heavy atom. The van der Waals surface area contributed by atoms with E-state index in [2.05, 4.69) is 21.2 Å². The summed E-state index contributed by atoms with van der Waals surface area (Å²) >= 11 is 22.3. The zero-order valence-corrected chi connectivity index (χ0v) is 21.9. The summed E-state index contributed by atoms with van der Waals surface area (Å²) in [5, 5.41) is 2.94. The van der Waals surface area contributed by atoms with Crippen molar-refractivity contribution in [2.75, 3.05) is 4.90 Å². The number of carbonyl (C=O) groups excluding carboxylic acids is 3. The van der Waals surface area contributed by atoms with Gasteiger partial charge in [-0.05, 0) is 66.1 Å². The van der Waals surface area contributed by atoms with Gasteiger partial charge in [0.05, 0.1) is 15.7 Å². The van der Waals surface area contributed by atoms with Crippen LogP contribution in [0.3, 0.4) is 0 Å². The van der Waals surface area contributed by atoms with Crippen LogP contribution in [0.15, 0.2) is 64.6 Å². The number of halogens is 4. The van der Waals surface area contributed by atoms with Gasteiger partial charge in [-0.25, -0.2) is 9.69 Å². The zero-order valence-electron chi connectivity index (χ0n) is 18.1. The van der Waals surface area contributed by atoms with Crippen LogP contribution in [0.2, 0.25) is 15.1 Å². The molecule has 4 rings (SSSR count). The number of barbiturate groups is 1. The Bertz CT molecular complexity index is 1370. The van der Waals surface area contributed by atoms with Crippen molar-refractivity contribution in [1.82, 2.24) is 5.32 Å². The van der Waals surface area contributed by atoms with E-state index in [9.17, 15) is 14.4 Å². The third kappa shape index (κ3) is 5.54. The van der Waals surface area contributed by atoms with Crippen molar-refractivity contribution in [3.63, 3.8) is 0 Å². The molecule has 0 bridgehead atoms. The maximum atomic E-state index is 13.1. The maximum Gasteiger partial charge on any atom is 0.335 e. The first kappa shape index (κ1) is 25.3. The Morgan fingerprint density at radius 1 is 0.943 bits per heavy atom.